The molecule has 0 amide bonds. The van der Waals surface area contributed by atoms with Crippen LogP contribution in [0, 0.1) is 17.8 Å². The molecule has 0 fully saturated rings. The summed E-state index contributed by atoms with van der Waals surface area (Å²) in [5.41, 5.74) is 2.10. The van der Waals surface area contributed by atoms with Gasteiger partial charge in [-0.05, 0) is 43.6 Å². The van der Waals surface area contributed by atoms with E-state index in [0.717, 1.165) is 24.7 Å². The molecule has 0 aliphatic rings. The SMILES string of the molecule is C=C(C=O)C(C)C(CC)CC(C)C=C(C)C. The third-order valence-corrected chi connectivity index (χ3v) is 3.26. The van der Waals surface area contributed by atoms with Crippen molar-refractivity contribution in [2.24, 2.45) is 17.8 Å². The molecular formula is C15H26O. The Morgan fingerprint density at radius 3 is 2.25 bits per heavy atom. The number of rotatable bonds is 7. The van der Waals surface area contributed by atoms with Crippen LogP contribution in [0.2, 0.25) is 0 Å². The lowest BCUT2D eigenvalue weighted by atomic mass is 9.80. The van der Waals surface area contributed by atoms with Gasteiger partial charge in [-0.2, -0.15) is 0 Å². The molecule has 0 aromatic carbocycles. The molecule has 0 saturated heterocycles. The van der Waals surface area contributed by atoms with E-state index in [-0.39, 0.29) is 0 Å². The number of hydrogen-bond donors (Lipinski definition) is 0. The maximum Gasteiger partial charge on any atom is 0.145 e. The number of hydrogen-bond acceptors (Lipinski definition) is 1. The van der Waals surface area contributed by atoms with Crippen LogP contribution in [0.3, 0.4) is 0 Å². The lowest BCUT2D eigenvalue weighted by Crippen LogP contribution is -2.16. The molecule has 1 heteroatoms. The van der Waals surface area contributed by atoms with E-state index >= 15 is 0 Å². The highest BCUT2D eigenvalue weighted by Crippen LogP contribution is 2.28. The van der Waals surface area contributed by atoms with Crippen LogP contribution in [0.5, 0.6) is 0 Å². The number of allylic oxidation sites excluding steroid dienone is 3. The van der Waals surface area contributed by atoms with Gasteiger partial charge in [-0.25, -0.2) is 0 Å². The Balaban J connectivity index is 4.46. The molecule has 0 spiro atoms. The summed E-state index contributed by atoms with van der Waals surface area (Å²) in [6.45, 7) is 14.6. The van der Waals surface area contributed by atoms with Gasteiger partial charge in [-0.1, -0.05) is 45.4 Å². The highest BCUT2D eigenvalue weighted by Gasteiger charge is 2.19. The van der Waals surface area contributed by atoms with Crippen molar-refractivity contribution in [3.05, 3.63) is 23.8 Å². The summed E-state index contributed by atoms with van der Waals surface area (Å²) in [5, 5.41) is 0. The number of aldehydes is 1. The van der Waals surface area contributed by atoms with Gasteiger partial charge in [0.1, 0.15) is 6.29 Å². The minimum atomic E-state index is 0.301. The van der Waals surface area contributed by atoms with Gasteiger partial charge in [0.25, 0.3) is 0 Å². The van der Waals surface area contributed by atoms with E-state index in [9.17, 15) is 4.79 Å². The van der Waals surface area contributed by atoms with Crippen LogP contribution in [-0.4, -0.2) is 6.29 Å². The number of carbonyl (C=O) groups is 1. The first-order valence-electron chi connectivity index (χ1n) is 6.21. The third-order valence-electron chi connectivity index (χ3n) is 3.26. The van der Waals surface area contributed by atoms with Gasteiger partial charge in [0, 0.05) is 0 Å². The van der Waals surface area contributed by atoms with Gasteiger partial charge < -0.3 is 0 Å². The van der Waals surface area contributed by atoms with E-state index in [4.69, 9.17) is 0 Å². The average Bonchev–Trinajstić information content (AvgIpc) is 2.22. The smallest absolute Gasteiger partial charge is 0.145 e. The summed E-state index contributed by atoms with van der Waals surface area (Å²) < 4.78 is 0. The zero-order chi connectivity index (χ0) is 12.7. The van der Waals surface area contributed by atoms with Crippen LogP contribution < -0.4 is 0 Å². The van der Waals surface area contributed by atoms with Crippen molar-refractivity contribution in [3.63, 3.8) is 0 Å². The van der Waals surface area contributed by atoms with Gasteiger partial charge in [-0.15, -0.1) is 0 Å². The summed E-state index contributed by atoms with van der Waals surface area (Å²) in [4.78, 5) is 10.7. The van der Waals surface area contributed by atoms with Crippen LogP contribution >= 0.6 is 0 Å². The molecule has 0 radical (unpaired) electrons. The molecule has 0 aromatic heterocycles. The van der Waals surface area contributed by atoms with Gasteiger partial charge in [0.15, 0.2) is 0 Å². The van der Waals surface area contributed by atoms with E-state index in [0.29, 0.717) is 17.8 Å². The molecule has 0 N–H and O–H groups in total. The van der Waals surface area contributed by atoms with Crippen molar-refractivity contribution in [3.8, 4) is 0 Å². The summed E-state index contributed by atoms with van der Waals surface area (Å²) in [5.74, 6) is 1.44. The minimum absolute atomic E-state index is 0.301. The van der Waals surface area contributed by atoms with E-state index < -0.39 is 0 Å². The second kappa shape index (κ2) is 7.43. The van der Waals surface area contributed by atoms with Gasteiger partial charge in [0.05, 0.1) is 0 Å². The van der Waals surface area contributed by atoms with E-state index in [1.165, 1.54) is 5.57 Å². The Kier molecular flexibility index (Phi) is 7.03. The van der Waals surface area contributed by atoms with Crippen LogP contribution in [0.15, 0.2) is 23.8 Å². The maximum atomic E-state index is 10.7. The highest BCUT2D eigenvalue weighted by atomic mass is 16.1. The normalized spacial score (nSPS) is 16.1. The third kappa shape index (κ3) is 5.29. The molecule has 0 aliphatic carbocycles. The van der Waals surface area contributed by atoms with Crippen molar-refractivity contribution < 1.29 is 4.79 Å². The fourth-order valence-electron chi connectivity index (χ4n) is 2.25. The Hall–Kier alpha value is -0.850. The molecule has 16 heavy (non-hydrogen) atoms. The van der Waals surface area contributed by atoms with Crippen LogP contribution in [0.4, 0.5) is 0 Å². The molecule has 0 rings (SSSR count). The molecule has 0 heterocycles. The monoisotopic (exact) mass is 222 g/mol. The van der Waals surface area contributed by atoms with E-state index in [1.54, 1.807) is 0 Å². The Morgan fingerprint density at radius 1 is 1.31 bits per heavy atom. The average molecular weight is 222 g/mol. The Bertz CT molecular complexity index is 259. The molecule has 92 valence electrons. The second-order valence-corrected chi connectivity index (χ2v) is 5.11. The molecule has 0 bridgehead atoms. The van der Waals surface area contributed by atoms with Crippen molar-refractivity contribution in [1.29, 1.82) is 0 Å². The van der Waals surface area contributed by atoms with Gasteiger partial charge >= 0.3 is 0 Å². The molecule has 1 nitrogen and oxygen atoms in total. The molecule has 3 unspecified atom stereocenters. The summed E-state index contributed by atoms with van der Waals surface area (Å²) >= 11 is 0. The Morgan fingerprint density at radius 2 is 1.88 bits per heavy atom. The largest absolute Gasteiger partial charge is 0.298 e. The minimum Gasteiger partial charge on any atom is -0.298 e. The maximum absolute atomic E-state index is 10.7. The first-order valence-corrected chi connectivity index (χ1v) is 6.21. The predicted octanol–water partition coefficient (Wildman–Crippen LogP) is 4.40. The fraction of sp³-hybridized carbons (Fsp3) is 0.667. The lowest BCUT2D eigenvalue weighted by Gasteiger charge is -2.24. The van der Waals surface area contributed by atoms with Crippen molar-refractivity contribution in [1.82, 2.24) is 0 Å². The lowest BCUT2D eigenvalue weighted by molar-refractivity contribution is -0.105. The Labute approximate surface area is 101 Å². The van der Waals surface area contributed by atoms with Gasteiger partial charge in [-0.3, -0.25) is 4.79 Å². The summed E-state index contributed by atoms with van der Waals surface area (Å²) in [6.07, 6.45) is 5.45. The molecule has 0 aromatic rings. The van der Waals surface area contributed by atoms with Gasteiger partial charge in [0.2, 0.25) is 0 Å². The number of carbonyl (C=O) groups excluding carboxylic acids is 1. The molecular weight excluding hydrogens is 196 g/mol. The fourth-order valence-corrected chi connectivity index (χ4v) is 2.25. The molecule has 0 aliphatic heterocycles. The topological polar surface area (TPSA) is 17.1 Å². The van der Waals surface area contributed by atoms with Crippen LogP contribution in [-0.2, 0) is 4.79 Å². The quantitative estimate of drug-likeness (QED) is 0.354. The first kappa shape index (κ1) is 15.2. The van der Waals surface area contributed by atoms with Crippen LogP contribution in [0.25, 0.3) is 0 Å². The highest BCUT2D eigenvalue weighted by molar-refractivity contribution is 5.72. The molecule has 3 atom stereocenters. The predicted molar refractivity (Wildman–Crippen MR) is 71.4 cm³/mol. The zero-order valence-corrected chi connectivity index (χ0v) is 11.4. The van der Waals surface area contributed by atoms with E-state index in [2.05, 4.69) is 47.3 Å². The second-order valence-electron chi connectivity index (χ2n) is 5.11. The van der Waals surface area contributed by atoms with Crippen molar-refractivity contribution in [2.45, 2.75) is 47.5 Å². The van der Waals surface area contributed by atoms with Crippen molar-refractivity contribution in [2.75, 3.05) is 0 Å². The summed E-state index contributed by atoms with van der Waals surface area (Å²) in [6, 6.07) is 0. The summed E-state index contributed by atoms with van der Waals surface area (Å²) in [7, 11) is 0. The van der Waals surface area contributed by atoms with E-state index in [1.807, 2.05) is 0 Å². The molecule has 0 saturated carbocycles. The van der Waals surface area contributed by atoms with Crippen molar-refractivity contribution >= 4 is 6.29 Å². The first-order chi connectivity index (χ1) is 7.42. The van der Waals surface area contributed by atoms with Crippen LogP contribution in [0.1, 0.15) is 47.5 Å². The standard InChI is InChI=1S/C15H26O/c1-7-15(14(6)13(5)10-16)9-12(4)8-11(2)3/h8,10,12,14-15H,5,7,9H2,1-4,6H3. The zero-order valence-electron chi connectivity index (χ0n) is 11.4.